The van der Waals surface area contributed by atoms with Crippen molar-refractivity contribution in [3.05, 3.63) is 77.3 Å². The highest BCUT2D eigenvalue weighted by atomic mass is 32.1. The molecule has 0 spiro atoms. The normalized spacial score (nSPS) is 11.9. The Labute approximate surface area is 140 Å². The third-order valence-electron chi connectivity index (χ3n) is 3.71. The predicted molar refractivity (Wildman–Crippen MR) is 94.3 cm³/mol. The monoisotopic (exact) mass is 322 g/mol. The molecule has 1 N–H and O–H groups in total. The fourth-order valence-electron chi connectivity index (χ4n) is 2.33. The van der Waals surface area contributed by atoms with Gasteiger partial charge < -0.3 is 5.32 Å². The van der Waals surface area contributed by atoms with E-state index in [9.17, 15) is 4.79 Å². The van der Waals surface area contributed by atoms with Gasteiger partial charge >= 0.3 is 0 Å². The Morgan fingerprint density at radius 3 is 2.43 bits per heavy atom. The molecule has 0 saturated heterocycles. The summed E-state index contributed by atoms with van der Waals surface area (Å²) < 4.78 is 0. The van der Waals surface area contributed by atoms with E-state index in [1.54, 1.807) is 11.3 Å². The number of carbonyl (C=O) groups excluding carboxylic acids is 1. The summed E-state index contributed by atoms with van der Waals surface area (Å²) >= 11 is 1.60. The van der Waals surface area contributed by atoms with E-state index in [-0.39, 0.29) is 11.8 Å². The first-order valence-corrected chi connectivity index (χ1v) is 8.44. The molecule has 3 aromatic rings. The van der Waals surface area contributed by atoms with Crippen molar-refractivity contribution >= 4 is 17.2 Å². The molecule has 116 valence electrons. The zero-order valence-corrected chi connectivity index (χ0v) is 13.7. The van der Waals surface area contributed by atoms with E-state index in [0.29, 0.717) is 6.54 Å². The predicted octanol–water partition coefficient (Wildman–Crippen LogP) is 4.23. The molecule has 1 atom stereocenters. The number of carbonyl (C=O) groups is 1. The van der Waals surface area contributed by atoms with E-state index in [4.69, 9.17) is 0 Å². The minimum absolute atomic E-state index is 0.0189. The first-order valence-electron chi connectivity index (χ1n) is 7.56. The van der Waals surface area contributed by atoms with Gasteiger partial charge in [-0.15, -0.1) is 11.3 Å². The number of benzene rings is 2. The van der Waals surface area contributed by atoms with Crippen LogP contribution in [0.15, 0.2) is 66.0 Å². The summed E-state index contributed by atoms with van der Waals surface area (Å²) in [5.41, 5.74) is 3.02. The molecule has 23 heavy (non-hydrogen) atoms. The molecular weight excluding hydrogens is 304 g/mol. The van der Waals surface area contributed by atoms with Crippen LogP contribution in [-0.2, 0) is 11.3 Å². The number of amides is 1. The minimum Gasteiger partial charge on any atom is -0.350 e. The van der Waals surface area contributed by atoms with Crippen LogP contribution in [-0.4, -0.2) is 10.9 Å². The van der Waals surface area contributed by atoms with Crippen LogP contribution in [0.2, 0.25) is 0 Å². The third-order valence-corrected chi connectivity index (χ3v) is 4.65. The van der Waals surface area contributed by atoms with Crippen molar-refractivity contribution < 1.29 is 4.79 Å². The van der Waals surface area contributed by atoms with Crippen molar-refractivity contribution in [2.24, 2.45) is 0 Å². The van der Waals surface area contributed by atoms with Crippen LogP contribution < -0.4 is 5.32 Å². The molecule has 0 fully saturated rings. The van der Waals surface area contributed by atoms with E-state index < -0.39 is 0 Å². The maximum absolute atomic E-state index is 12.3. The lowest BCUT2D eigenvalue weighted by molar-refractivity contribution is -0.122. The molecule has 3 rings (SSSR count). The fourth-order valence-corrected chi connectivity index (χ4v) is 3.15. The average molecular weight is 322 g/mol. The number of nitrogens with one attached hydrogen (secondary N) is 1. The van der Waals surface area contributed by atoms with Gasteiger partial charge in [-0.25, -0.2) is 4.98 Å². The molecule has 1 heterocycles. The fraction of sp³-hybridized carbons (Fsp3) is 0.158. The van der Waals surface area contributed by atoms with Gasteiger partial charge in [0, 0.05) is 10.9 Å². The average Bonchev–Trinajstić information content (AvgIpc) is 3.09. The second kappa shape index (κ2) is 7.20. The number of rotatable bonds is 5. The molecule has 0 saturated carbocycles. The van der Waals surface area contributed by atoms with Gasteiger partial charge in [-0.05, 0) is 12.5 Å². The van der Waals surface area contributed by atoms with Crippen LogP contribution in [0.5, 0.6) is 0 Å². The summed E-state index contributed by atoms with van der Waals surface area (Å²) in [6, 6.07) is 19.9. The summed E-state index contributed by atoms with van der Waals surface area (Å²) in [5.74, 6) is -0.145. The SMILES string of the molecule is C[C@H](C(=O)NCc1csc(-c2ccccc2)n1)c1ccccc1. The number of hydrogen-bond donors (Lipinski definition) is 1. The smallest absolute Gasteiger partial charge is 0.227 e. The molecule has 0 bridgehead atoms. The Hall–Kier alpha value is -2.46. The molecule has 4 heteroatoms. The largest absolute Gasteiger partial charge is 0.350 e. The molecule has 0 aliphatic carbocycles. The summed E-state index contributed by atoms with van der Waals surface area (Å²) in [6.07, 6.45) is 0. The van der Waals surface area contributed by atoms with E-state index in [1.807, 2.05) is 73.0 Å². The Balaban J connectivity index is 1.61. The standard InChI is InChI=1S/C19H18N2OS/c1-14(15-8-4-2-5-9-15)18(22)20-12-17-13-23-19(21-17)16-10-6-3-7-11-16/h2-11,13-14H,12H2,1H3,(H,20,22)/t14-/m0/s1. The van der Waals surface area contributed by atoms with Gasteiger partial charge in [0.1, 0.15) is 5.01 Å². The zero-order chi connectivity index (χ0) is 16.1. The molecule has 0 aliphatic rings. The first kappa shape index (κ1) is 15.4. The van der Waals surface area contributed by atoms with Crippen molar-refractivity contribution in [2.45, 2.75) is 19.4 Å². The van der Waals surface area contributed by atoms with Gasteiger partial charge in [0.15, 0.2) is 0 Å². The maximum Gasteiger partial charge on any atom is 0.227 e. The highest BCUT2D eigenvalue weighted by Crippen LogP contribution is 2.23. The molecule has 1 aromatic heterocycles. The van der Waals surface area contributed by atoms with Gasteiger partial charge in [0.05, 0.1) is 18.2 Å². The summed E-state index contributed by atoms with van der Waals surface area (Å²) in [6.45, 7) is 2.38. The van der Waals surface area contributed by atoms with Gasteiger partial charge in [-0.3, -0.25) is 4.79 Å². The lowest BCUT2D eigenvalue weighted by Crippen LogP contribution is -2.27. The maximum atomic E-state index is 12.3. The number of hydrogen-bond acceptors (Lipinski definition) is 3. The van der Waals surface area contributed by atoms with Crippen molar-refractivity contribution in [1.82, 2.24) is 10.3 Å². The lowest BCUT2D eigenvalue weighted by Gasteiger charge is -2.11. The van der Waals surface area contributed by atoms with Crippen LogP contribution in [0.4, 0.5) is 0 Å². The van der Waals surface area contributed by atoms with Crippen LogP contribution in [0.25, 0.3) is 10.6 Å². The Bertz CT molecular complexity index is 768. The minimum atomic E-state index is -0.163. The summed E-state index contributed by atoms with van der Waals surface area (Å²) in [7, 11) is 0. The van der Waals surface area contributed by atoms with Crippen LogP contribution in [0.3, 0.4) is 0 Å². The first-order chi connectivity index (χ1) is 11.2. The third kappa shape index (κ3) is 3.85. The van der Waals surface area contributed by atoms with Gasteiger partial charge in [-0.1, -0.05) is 60.7 Å². The van der Waals surface area contributed by atoms with Crippen molar-refractivity contribution in [3.63, 3.8) is 0 Å². The topological polar surface area (TPSA) is 42.0 Å². The Morgan fingerprint density at radius 1 is 1.09 bits per heavy atom. The van der Waals surface area contributed by atoms with Crippen LogP contribution in [0.1, 0.15) is 24.1 Å². The number of thiazole rings is 1. The zero-order valence-electron chi connectivity index (χ0n) is 12.9. The van der Waals surface area contributed by atoms with Gasteiger partial charge in [0.2, 0.25) is 5.91 Å². The second-order valence-electron chi connectivity index (χ2n) is 5.36. The molecule has 0 unspecified atom stereocenters. The van der Waals surface area contributed by atoms with E-state index in [2.05, 4.69) is 10.3 Å². The van der Waals surface area contributed by atoms with Crippen molar-refractivity contribution in [1.29, 1.82) is 0 Å². The lowest BCUT2D eigenvalue weighted by atomic mass is 10.0. The molecule has 0 aliphatic heterocycles. The molecule has 1 amide bonds. The van der Waals surface area contributed by atoms with Gasteiger partial charge in [0.25, 0.3) is 0 Å². The highest BCUT2D eigenvalue weighted by molar-refractivity contribution is 7.13. The quantitative estimate of drug-likeness (QED) is 0.764. The van der Waals surface area contributed by atoms with Gasteiger partial charge in [-0.2, -0.15) is 0 Å². The van der Waals surface area contributed by atoms with E-state index in [0.717, 1.165) is 21.8 Å². The van der Waals surface area contributed by atoms with E-state index >= 15 is 0 Å². The Kier molecular flexibility index (Phi) is 4.83. The van der Waals surface area contributed by atoms with Crippen molar-refractivity contribution in [3.8, 4) is 10.6 Å². The van der Waals surface area contributed by atoms with Crippen molar-refractivity contribution in [2.75, 3.05) is 0 Å². The Morgan fingerprint density at radius 2 is 1.74 bits per heavy atom. The summed E-state index contributed by atoms with van der Waals surface area (Å²) in [4.78, 5) is 16.8. The van der Waals surface area contributed by atoms with Crippen LogP contribution >= 0.6 is 11.3 Å². The number of nitrogens with zero attached hydrogens (tertiary/aromatic N) is 1. The van der Waals surface area contributed by atoms with Crippen LogP contribution in [0, 0.1) is 0 Å². The molecular formula is C19H18N2OS. The second-order valence-corrected chi connectivity index (χ2v) is 6.22. The molecule has 2 aromatic carbocycles. The van der Waals surface area contributed by atoms with E-state index in [1.165, 1.54) is 0 Å². The molecule has 0 radical (unpaired) electrons. The molecule has 3 nitrogen and oxygen atoms in total. The highest BCUT2D eigenvalue weighted by Gasteiger charge is 2.15. The summed E-state index contributed by atoms with van der Waals surface area (Å²) in [5, 5.41) is 5.94. The number of aromatic nitrogens is 1.